The number of carbonyl (C=O) groups excluding carboxylic acids is 2. The van der Waals surface area contributed by atoms with E-state index < -0.39 is 0 Å². The first-order valence-electron chi connectivity index (χ1n) is 8.85. The predicted molar refractivity (Wildman–Crippen MR) is 97.6 cm³/mol. The number of benzene rings is 2. The van der Waals surface area contributed by atoms with Crippen LogP contribution in [0.5, 0.6) is 0 Å². The van der Waals surface area contributed by atoms with Gasteiger partial charge < -0.3 is 16.0 Å². The molecule has 2 amide bonds. The van der Waals surface area contributed by atoms with Crippen LogP contribution in [0, 0.1) is 11.7 Å². The maximum absolute atomic E-state index is 14.6. The molecule has 1 heterocycles. The molecule has 0 radical (unpaired) electrons. The molecule has 0 atom stereocenters. The molecule has 26 heavy (non-hydrogen) atoms. The molecule has 2 aliphatic rings. The Labute approximate surface area is 151 Å². The first-order valence-corrected chi connectivity index (χ1v) is 8.85. The van der Waals surface area contributed by atoms with Crippen molar-refractivity contribution in [1.82, 2.24) is 5.32 Å². The van der Waals surface area contributed by atoms with Crippen LogP contribution in [-0.4, -0.2) is 18.4 Å². The minimum Gasteiger partial charge on any atom is -0.326 e. The molecule has 0 aromatic heterocycles. The van der Waals surface area contributed by atoms with E-state index in [1.165, 1.54) is 0 Å². The van der Waals surface area contributed by atoms with Crippen LogP contribution >= 0.6 is 0 Å². The van der Waals surface area contributed by atoms with Crippen LogP contribution in [0.3, 0.4) is 0 Å². The second kappa shape index (κ2) is 6.88. The number of carbonyl (C=O) groups is 2. The largest absolute Gasteiger partial charge is 0.326 e. The highest BCUT2D eigenvalue weighted by Crippen LogP contribution is 2.30. The molecule has 2 aromatic carbocycles. The lowest BCUT2D eigenvalue weighted by molar-refractivity contribution is -0.117. The van der Waals surface area contributed by atoms with Gasteiger partial charge in [0.25, 0.3) is 5.91 Å². The Morgan fingerprint density at radius 1 is 1.04 bits per heavy atom. The summed E-state index contributed by atoms with van der Waals surface area (Å²) in [7, 11) is 0. The van der Waals surface area contributed by atoms with Crippen molar-refractivity contribution in [3.8, 4) is 0 Å². The van der Waals surface area contributed by atoms with Crippen molar-refractivity contribution in [1.29, 1.82) is 0 Å². The Morgan fingerprint density at radius 2 is 1.81 bits per heavy atom. The standard InChI is InChI=1S/C20H20FN3O2/c21-18-16-9-10-22-11-14(16)5-8-17(18)24-20(26)13-3-6-15(7-4-13)23-19(25)12-1-2-12/h3-8,12,22H,1-2,9-11H2,(H,23,25)(H,24,26). The highest BCUT2D eigenvalue weighted by molar-refractivity contribution is 6.05. The Morgan fingerprint density at radius 3 is 2.54 bits per heavy atom. The van der Waals surface area contributed by atoms with E-state index in [1.807, 2.05) is 6.07 Å². The third-order valence-electron chi connectivity index (χ3n) is 4.82. The molecule has 134 valence electrons. The first-order chi connectivity index (χ1) is 12.6. The van der Waals surface area contributed by atoms with E-state index in [4.69, 9.17) is 0 Å². The maximum Gasteiger partial charge on any atom is 0.255 e. The summed E-state index contributed by atoms with van der Waals surface area (Å²) in [4.78, 5) is 24.2. The molecule has 4 rings (SSSR count). The lowest BCUT2D eigenvalue weighted by Crippen LogP contribution is -2.25. The maximum atomic E-state index is 14.6. The number of rotatable bonds is 4. The molecule has 2 aromatic rings. The van der Waals surface area contributed by atoms with Crippen LogP contribution in [0.2, 0.25) is 0 Å². The van der Waals surface area contributed by atoms with E-state index in [1.54, 1.807) is 30.3 Å². The fraction of sp³-hybridized carbons (Fsp3) is 0.300. The van der Waals surface area contributed by atoms with Gasteiger partial charge in [-0.05, 0) is 67.3 Å². The number of halogens is 1. The number of anilines is 2. The van der Waals surface area contributed by atoms with E-state index in [0.717, 1.165) is 24.9 Å². The summed E-state index contributed by atoms with van der Waals surface area (Å²) in [5, 5.41) is 8.67. The minimum atomic E-state index is -0.377. The summed E-state index contributed by atoms with van der Waals surface area (Å²) in [5.74, 6) is -0.587. The summed E-state index contributed by atoms with van der Waals surface area (Å²) < 4.78 is 14.6. The average molecular weight is 353 g/mol. The van der Waals surface area contributed by atoms with Crippen molar-refractivity contribution in [3.05, 3.63) is 58.9 Å². The lowest BCUT2D eigenvalue weighted by atomic mass is 9.99. The zero-order chi connectivity index (χ0) is 18.1. The number of amides is 2. The van der Waals surface area contributed by atoms with Gasteiger partial charge in [-0.25, -0.2) is 4.39 Å². The van der Waals surface area contributed by atoms with Gasteiger partial charge in [0.05, 0.1) is 5.69 Å². The van der Waals surface area contributed by atoms with Crippen molar-refractivity contribution in [2.24, 2.45) is 5.92 Å². The van der Waals surface area contributed by atoms with Gasteiger partial charge >= 0.3 is 0 Å². The summed E-state index contributed by atoms with van der Waals surface area (Å²) in [5.41, 5.74) is 2.86. The number of hydrogen-bond donors (Lipinski definition) is 3. The van der Waals surface area contributed by atoms with Crippen LogP contribution in [0.1, 0.15) is 34.3 Å². The van der Waals surface area contributed by atoms with E-state index in [-0.39, 0.29) is 29.2 Å². The SMILES string of the molecule is O=C(Nc1ccc2c(c1F)CCNC2)c1ccc(NC(=O)C2CC2)cc1. The molecule has 1 fully saturated rings. The zero-order valence-corrected chi connectivity index (χ0v) is 14.3. The molecule has 1 saturated carbocycles. The fourth-order valence-electron chi connectivity index (χ4n) is 3.12. The smallest absolute Gasteiger partial charge is 0.255 e. The van der Waals surface area contributed by atoms with Gasteiger partial charge in [-0.1, -0.05) is 6.07 Å². The first kappa shape index (κ1) is 16.7. The van der Waals surface area contributed by atoms with Crippen molar-refractivity contribution >= 4 is 23.2 Å². The molecule has 5 nitrogen and oxygen atoms in total. The third kappa shape index (κ3) is 3.46. The third-order valence-corrected chi connectivity index (χ3v) is 4.82. The van der Waals surface area contributed by atoms with E-state index in [0.29, 0.717) is 29.8 Å². The summed E-state index contributed by atoms with van der Waals surface area (Å²) >= 11 is 0. The lowest BCUT2D eigenvalue weighted by Gasteiger charge is -2.19. The molecule has 0 saturated heterocycles. The molecule has 3 N–H and O–H groups in total. The second-order valence-electron chi connectivity index (χ2n) is 6.79. The number of nitrogens with one attached hydrogen (secondary N) is 3. The quantitative estimate of drug-likeness (QED) is 0.791. The Hall–Kier alpha value is -2.73. The van der Waals surface area contributed by atoms with Gasteiger partial charge in [-0.2, -0.15) is 0 Å². The fourth-order valence-corrected chi connectivity index (χ4v) is 3.12. The van der Waals surface area contributed by atoms with Crippen molar-refractivity contribution < 1.29 is 14.0 Å². The highest BCUT2D eigenvalue weighted by Gasteiger charge is 2.29. The average Bonchev–Trinajstić information content (AvgIpc) is 3.50. The Bertz CT molecular complexity index is 860. The molecule has 0 unspecified atom stereocenters. The van der Waals surface area contributed by atoms with Gasteiger partial charge in [-0.3, -0.25) is 9.59 Å². The molecule has 0 spiro atoms. The minimum absolute atomic E-state index is 0.0211. The van der Waals surface area contributed by atoms with E-state index >= 15 is 0 Å². The molecular formula is C20H20FN3O2. The van der Waals surface area contributed by atoms with E-state index in [2.05, 4.69) is 16.0 Å². The van der Waals surface area contributed by atoms with Crippen LogP contribution in [0.4, 0.5) is 15.8 Å². The Balaban J connectivity index is 1.45. The van der Waals surface area contributed by atoms with Gasteiger partial charge in [0.2, 0.25) is 5.91 Å². The van der Waals surface area contributed by atoms with Crippen molar-refractivity contribution in [3.63, 3.8) is 0 Å². The summed E-state index contributed by atoms with van der Waals surface area (Å²) in [6, 6.07) is 10.1. The van der Waals surface area contributed by atoms with Crippen molar-refractivity contribution in [2.75, 3.05) is 17.2 Å². The van der Waals surface area contributed by atoms with E-state index in [9.17, 15) is 14.0 Å². The van der Waals surface area contributed by atoms with Crippen LogP contribution < -0.4 is 16.0 Å². The zero-order valence-electron chi connectivity index (χ0n) is 14.3. The Kier molecular flexibility index (Phi) is 4.42. The number of fused-ring (bicyclic) bond motifs is 1. The van der Waals surface area contributed by atoms with Crippen molar-refractivity contribution in [2.45, 2.75) is 25.8 Å². The molecule has 1 aliphatic heterocycles. The summed E-state index contributed by atoms with van der Waals surface area (Å²) in [6.45, 7) is 1.38. The van der Waals surface area contributed by atoms with Gasteiger partial charge in [0.1, 0.15) is 5.82 Å². The van der Waals surface area contributed by atoms with Crippen LogP contribution in [0.15, 0.2) is 36.4 Å². The normalized spacial score (nSPS) is 15.9. The summed E-state index contributed by atoms with van der Waals surface area (Å²) in [6.07, 6.45) is 2.49. The number of hydrogen-bond acceptors (Lipinski definition) is 3. The molecule has 0 bridgehead atoms. The van der Waals surface area contributed by atoms with Crippen LogP contribution in [0.25, 0.3) is 0 Å². The van der Waals surface area contributed by atoms with Gasteiger partial charge in [-0.15, -0.1) is 0 Å². The topological polar surface area (TPSA) is 70.2 Å². The second-order valence-corrected chi connectivity index (χ2v) is 6.79. The highest BCUT2D eigenvalue weighted by atomic mass is 19.1. The van der Waals surface area contributed by atoms with Crippen LogP contribution in [-0.2, 0) is 17.8 Å². The van der Waals surface area contributed by atoms with Gasteiger partial charge in [0, 0.05) is 23.7 Å². The predicted octanol–water partition coefficient (Wildman–Crippen LogP) is 3.07. The van der Waals surface area contributed by atoms with Gasteiger partial charge in [0.15, 0.2) is 0 Å². The monoisotopic (exact) mass is 353 g/mol. The molecular weight excluding hydrogens is 333 g/mol. The molecule has 1 aliphatic carbocycles. The molecule has 6 heteroatoms.